The second-order valence-corrected chi connectivity index (χ2v) is 5.64. The number of carbonyl (C=O) groups excluding carboxylic acids is 1. The lowest BCUT2D eigenvalue weighted by molar-refractivity contribution is -0.130. The molecule has 0 rings (SSSR count). The van der Waals surface area contributed by atoms with Crippen molar-refractivity contribution in [3.63, 3.8) is 0 Å². The Morgan fingerprint density at radius 2 is 1.86 bits per heavy atom. The normalized spacial score (nSPS) is 12.4. The summed E-state index contributed by atoms with van der Waals surface area (Å²) >= 11 is 4.82. The quantitative estimate of drug-likeness (QED) is 0.528. The summed E-state index contributed by atoms with van der Waals surface area (Å²) in [4.78, 5) is 16.4. The molecule has 0 saturated carbocycles. The van der Waals surface area contributed by atoms with Gasteiger partial charge in [0.05, 0.1) is 18.2 Å². The van der Waals surface area contributed by atoms with Gasteiger partial charge in [0.15, 0.2) is 0 Å². The van der Waals surface area contributed by atoms with E-state index in [2.05, 4.69) is 11.8 Å². The average molecular weight is 319 g/mol. The molecule has 0 heterocycles. The molecule has 0 saturated heterocycles. The predicted molar refractivity (Wildman–Crippen MR) is 88.4 cm³/mol. The number of thiocarbonyl (C=S) groups is 1. The number of nitrogens with two attached hydrogens (primary N) is 1. The van der Waals surface area contributed by atoms with Crippen LogP contribution in [-0.4, -0.2) is 80.9 Å². The van der Waals surface area contributed by atoms with Crippen LogP contribution in [0.1, 0.15) is 19.8 Å². The molecular weight excluding hydrogens is 290 g/mol. The predicted octanol–water partition coefficient (Wildman–Crippen LogP) is 0.494. The molecule has 1 unspecified atom stereocenters. The molecule has 0 spiro atoms. The Hall–Kier alpha value is -0.760. The van der Waals surface area contributed by atoms with E-state index in [4.69, 9.17) is 27.4 Å². The largest absolute Gasteiger partial charge is 0.393 e. The van der Waals surface area contributed by atoms with Gasteiger partial charge in [-0.1, -0.05) is 12.2 Å². The zero-order valence-corrected chi connectivity index (χ0v) is 14.4. The van der Waals surface area contributed by atoms with Crippen LogP contribution in [0.4, 0.5) is 0 Å². The minimum atomic E-state index is 0.0956. The Balaban J connectivity index is 4.25. The van der Waals surface area contributed by atoms with E-state index in [0.717, 1.165) is 6.54 Å². The molecule has 0 aliphatic heterocycles. The van der Waals surface area contributed by atoms with Crippen molar-refractivity contribution in [2.75, 3.05) is 54.1 Å². The van der Waals surface area contributed by atoms with Crippen LogP contribution in [0.15, 0.2) is 0 Å². The maximum atomic E-state index is 12.1. The van der Waals surface area contributed by atoms with Gasteiger partial charge >= 0.3 is 0 Å². The van der Waals surface area contributed by atoms with Crippen LogP contribution in [0, 0.1) is 0 Å². The summed E-state index contributed by atoms with van der Waals surface area (Å²) in [6, 6.07) is 0.250. The first-order valence-corrected chi connectivity index (χ1v) is 7.57. The molecule has 0 bridgehead atoms. The summed E-state index contributed by atoms with van der Waals surface area (Å²) in [5.41, 5.74) is 5.45. The molecule has 0 aromatic heterocycles. The number of ether oxygens (including phenoxy) is 2. The van der Waals surface area contributed by atoms with Gasteiger partial charge < -0.3 is 20.1 Å². The van der Waals surface area contributed by atoms with Gasteiger partial charge in [-0.3, -0.25) is 9.69 Å². The Bertz CT molecular complexity index is 316. The van der Waals surface area contributed by atoms with Crippen LogP contribution >= 0.6 is 12.2 Å². The van der Waals surface area contributed by atoms with Crippen molar-refractivity contribution in [2.45, 2.75) is 25.8 Å². The van der Waals surface area contributed by atoms with Crippen molar-refractivity contribution in [2.24, 2.45) is 5.73 Å². The first kappa shape index (κ1) is 20.2. The number of hydrogen-bond donors (Lipinski definition) is 1. The van der Waals surface area contributed by atoms with E-state index in [-0.39, 0.29) is 11.9 Å². The van der Waals surface area contributed by atoms with Crippen molar-refractivity contribution in [3.05, 3.63) is 0 Å². The van der Waals surface area contributed by atoms with Crippen LogP contribution in [-0.2, 0) is 14.3 Å². The van der Waals surface area contributed by atoms with Gasteiger partial charge in [-0.2, -0.15) is 0 Å². The summed E-state index contributed by atoms with van der Waals surface area (Å²) in [6.45, 7) is 5.39. The second kappa shape index (κ2) is 11.9. The zero-order valence-electron chi connectivity index (χ0n) is 13.6. The highest BCUT2D eigenvalue weighted by Gasteiger charge is 2.16. The maximum Gasteiger partial charge on any atom is 0.223 e. The summed E-state index contributed by atoms with van der Waals surface area (Å²) in [6.07, 6.45) is 1.02. The van der Waals surface area contributed by atoms with Crippen LogP contribution in [0.5, 0.6) is 0 Å². The van der Waals surface area contributed by atoms with E-state index in [1.165, 1.54) is 0 Å². The monoisotopic (exact) mass is 319 g/mol. The van der Waals surface area contributed by atoms with Gasteiger partial charge in [-0.15, -0.1) is 0 Å². The molecule has 0 aliphatic carbocycles. The Kier molecular flexibility index (Phi) is 11.4. The molecule has 1 amide bonds. The molecule has 0 aromatic carbocycles. The van der Waals surface area contributed by atoms with E-state index in [9.17, 15) is 4.79 Å². The molecule has 2 N–H and O–H groups in total. The Labute approximate surface area is 133 Å². The number of hydrogen-bond acceptors (Lipinski definition) is 5. The molecule has 0 aliphatic rings. The highest BCUT2D eigenvalue weighted by Crippen LogP contribution is 2.03. The number of nitrogens with zero attached hydrogens (tertiary/aromatic N) is 2. The summed E-state index contributed by atoms with van der Waals surface area (Å²) in [5.74, 6) is 0.0956. The van der Waals surface area contributed by atoms with Gasteiger partial charge in [0, 0.05) is 59.8 Å². The first-order chi connectivity index (χ1) is 9.92. The number of carbonyl (C=O) groups is 1. The minimum Gasteiger partial charge on any atom is -0.393 e. The molecule has 0 fully saturated rings. The molecule has 0 aromatic rings. The molecule has 0 radical (unpaired) electrons. The van der Waals surface area contributed by atoms with E-state index < -0.39 is 0 Å². The van der Waals surface area contributed by atoms with Gasteiger partial charge in [-0.05, 0) is 6.92 Å². The van der Waals surface area contributed by atoms with Gasteiger partial charge in [0.1, 0.15) is 0 Å². The molecule has 21 heavy (non-hydrogen) atoms. The third-order valence-electron chi connectivity index (χ3n) is 3.35. The van der Waals surface area contributed by atoms with Gasteiger partial charge in [0.25, 0.3) is 0 Å². The smallest absolute Gasteiger partial charge is 0.223 e. The maximum absolute atomic E-state index is 12.1. The van der Waals surface area contributed by atoms with Crippen molar-refractivity contribution < 1.29 is 14.3 Å². The van der Waals surface area contributed by atoms with E-state index >= 15 is 0 Å². The number of amides is 1. The van der Waals surface area contributed by atoms with Gasteiger partial charge in [0.2, 0.25) is 5.91 Å². The standard InChI is InChI=1S/C14H29N3O3S/c1-12(11-20-4)17(9-10-19-3)8-6-14(18)16(2)7-5-13(15)21/h12H,5-11H2,1-4H3,(H2,15,21). The Morgan fingerprint density at radius 1 is 1.19 bits per heavy atom. The van der Waals surface area contributed by atoms with Crippen molar-refractivity contribution in [1.82, 2.24) is 9.80 Å². The van der Waals surface area contributed by atoms with Crippen molar-refractivity contribution >= 4 is 23.1 Å². The average Bonchev–Trinajstić information content (AvgIpc) is 2.44. The van der Waals surface area contributed by atoms with Crippen molar-refractivity contribution in [1.29, 1.82) is 0 Å². The first-order valence-electron chi connectivity index (χ1n) is 7.16. The lowest BCUT2D eigenvalue weighted by Gasteiger charge is -2.29. The molecule has 1 atom stereocenters. The van der Waals surface area contributed by atoms with E-state index in [0.29, 0.717) is 44.1 Å². The van der Waals surface area contributed by atoms with Crippen LogP contribution in [0.3, 0.4) is 0 Å². The molecule has 7 heteroatoms. The summed E-state index contributed by atoms with van der Waals surface area (Å²) in [7, 11) is 5.13. The second-order valence-electron chi connectivity index (χ2n) is 5.11. The topological polar surface area (TPSA) is 68.0 Å². The lowest BCUT2D eigenvalue weighted by atomic mass is 10.2. The molecular formula is C14H29N3O3S. The summed E-state index contributed by atoms with van der Waals surface area (Å²) in [5, 5.41) is 0. The lowest BCUT2D eigenvalue weighted by Crippen LogP contribution is -2.41. The number of methoxy groups -OCH3 is 2. The van der Waals surface area contributed by atoms with Crippen LogP contribution in [0.2, 0.25) is 0 Å². The highest BCUT2D eigenvalue weighted by molar-refractivity contribution is 7.80. The third kappa shape index (κ3) is 9.73. The van der Waals surface area contributed by atoms with E-state index in [1.54, 1.807) is 26.2 Å². The fourth-order valence-corrected chi connectivity index (χ4v) is 2.03. The minimum absolute atomic E-state index is 0.0956. The highest BCUT2D eigenvalue weighted by atomic mass is 32.1. The number of rotatable bonds is 12. The fraction of sp³-hybridized carbons (Fsp3) is 0.857. The third-order valence-corrected chi connectivity index (χ3v) is 3.55. The van der Waals surface area contributed by atoms with Gasteiger partial charge in [-0.25, -0.2) is 0 Å². The molecule has 6 nitrogen and oxygen atoms in total. The van der Waals surface area contributed by atoms with E-state index in [1.807, 2.05) is 0 Å². The Morgan fingerprint density at radius 3 is 2.38 bits per heavy atom. The summed E-state index contributed by atoms with van der Waals surface area (Å²) < 4.78 is 10.3. The fourth-order valence-electron chi connectivity index (χ4n) is 1.94. The molecule has 124 valence electrons. The zero-order chi connectivity index (χ0) is 16.3. The van der Waals surface area contributed by atoms with Crippen LogP contribution in [0.25, 0.3) is 0 Å². The van der Waals surface area contributed by atoms with Crippen molar-refractivity contribution in [3.8, 4) is 0 Å². The SMILES string of the molecule is COCCN(CCC(=O)N(C)CCC(N)=S)C(C)COC. The van der Waals surface area contributed by atoms with Crippen LogP contribution < -0.4 is 5.73 Å².